The highest BCUT2D eigenvalue weighted by Crippen LogP contribution is 2.37. The number of hydrogen-bond donors (Lipinski definition) is 4. The van der Waals surface area contributed by atoms with E-state index in [4.69, 9.17) is 9.90 Å². The van der Waals surface area contributed by atoms with Crippen molar-refractivity contribution in [3.05, 3.63) is 53.6 Å². The molecule has 5 rings (SSSR count). The summed E-state index contributed by atoms with van der Waals surface area (Å²) in [6.07, 6.45) is -10.3. The number of benzene rings is 2. The summed E-state index contributed by atoms with van der Waals surface area (Å²) in [7, 11) is -4.60. The summed E-state index contributed by atoms with van der Waals surface area (Å²) >= 11 is 0. The van der Waals surface area contributed by atoms with Gasteiger partial charge in [0, 0.05) is 24.5 Å². The van der Waals surface area contributed by atoms with Gasteiger partial charge in [0.25, 0.3) is 0 Å². The highest BCUT2D eigenvalue weighted by molar-refractivity contribution is 7.89. The van der Waals surface area contributed by atoms with Gasteiger partial charge in [-0.1, -0.05) is 12.1 Å². The SMILES string of the molecule is O=C(O)C(F)(F)F.O=S(=O)(NCC1CCC(CNc2nc(NC3CC3)c3ccccc3n2)CC1)c1cc(C(F)(F)F)cc(C(F)(F)F)c1. The van der Waals surface area contributed by atoms with E-state index in [2.05, 4.69) is 25.3 Å². The Morgan fingerprint density at radius 2 is 1.31 bits per heavy atom. The van der Waals surface area contributed by atoms with Crippen molar-refractivity contribution in [1.82, 2.24) is 14.7 Å². The lowest BCUT2D eigenvalue weighted by molar-refractivity contribution is -0.192. The number of para-hydroxylation sites is 1. The number of aromatic nitrogens is 2. The Bertz CT molecular complexity index is 1670. The zero-order valence-corrected chi connectivity index (χ0v) is 25.6. The Hall–Kier alpha value is -3.87. The number of nitrogens with one attached hydrogen (secondary N) is 3. The number of carbonyl (C=O) groups is 1. The molecule has 1 heterocycles. The maximum Gasteiger partial charge on any atom is 0.490 e. The molecular weight excluding hydrogens is 685 g/mol. The summed E-state index contributed by atoms with van der Waals surface area (Å²) in [5.74, 6) is -1.27. The smallest absolute Gasteiger partial charge is 0.475 e. The summed E-state index contributed by atoms with van der Waals surface area (Å²) < 4.78 is 138. The largest absolute Gasteiger partial charge is 0.490 e. The van der Waals surface area contributed by atoms with Gasteiger partial charge >= 0.3 is 24.5 Å². The third-order valence-corrected chi connectivity index (χ3v) is 9.12. The Labute approximate surface area is 268 Å². The maximum atomic E-state index is 13.2. The summed E-state index contributed by atoms with van der Waals surface area (Å²) in [6.45, 7) is 0.536. The van der Waals surface area contributed by atoms with E-state index in [-0.39, 0.29) is 36.6 Å². The number of carboxylic acid groups (broad SMARTS) is 1. The lowest BCUT2D eigenvalue weighted by atomic mass is 9.82. The van der Waals surface area contributed by atoms with Crippen LogP contribution in [-0.2, 0) is 27.2 Å². The van der Waals surface area contributed by atoms with Crippen molar-refractivity contribution >= 4 is 38.7 Å². The summed E-state index contributed by atoms with van der Waals surface area (Å²) in [6, 6.07) is 8.53. The van der Waals surface area contributed by atoms with Gasteiger partial charge in [-0.05, 0) is 80.7 Å². The zero-order chi connectivity index (χ0) is 35.5. The number of sulfonamides is 1. The Kier molecular flexibility index (Phi) is 11.0. The molecule has 2 aromatic carbocycles. The first-order valence-corrected chi connectivity index (χ1v) is 16.1. The number of fused-ring (bicyclic) bond motifs is 1. The molecule has 0 radical (unpaired) electrons. The van der Waals surface area contributed by atoms with Crippen LogP contribution < -0.4 is 15.4 Å². The van der Waals surface area contributed by atoms with Gasteiger partial charge in [0.05, 0.1) is 21.5 Å². The van der Waals surface area contributed by atoms with Crippen molar-refractivity contribution in [1.29, 1.82) is 0 Å². The maximum absolute atomic E-state index is 13.2. The van der Waals surface area contributed by atoms with Crippen LogP contribution in [0.1, 0.15) is 49.7 Å². The normalized spacial score (nSPS) is 18.9. The molecule has 0 spiro atoms. The van der Waals surface area contributed by atoms with Gasteiger partial charge < -0.3 is 15.7 Å². The van der Waals surface area contributed by atoms with Crippen LogP contribution in [0.3, 0.4) is 0 Å². The molecule has 2 saturated carbocycles. The number of rotatable bonds is 9. The molecule has 2 aliphatic rings. The molecule has 48 heavy (non-hydrogen) atoms. The van der Waals surface area contributed by atoms with Crippen LogP contribution in [0.25, 0.3) is 10.9 Å². The minimum absolute atomic E-state index is 0.0793. The first kappa shape index (κ1) is 37.0. The number of aliphatic carboxylic acids is 1. The molecule has 0 unspecified atom stereocenters. The van der Waals surface area contributed by atoms with Crippen LogP contribution in [0.2, 0.25) is 0 Å². The van der Waals surface area contributed by atoms with E-state index < -0.39 is 50.5 Å². The highest BCUT2D eigenvalue weighted by Gasteiger charge is 2.39. The Balaban J connectivity index is 0.000000671. The second-order valence-electron chi connectivity index (χ2n) is 11.5. The Morgan fingerprint density at radius 1 is 0.792 bits per heavy atom. The van der Waals surface area contributed by atoms with Crippen LogP contribution in [0.5, 0.6) is 0 Å². The molecule has 2 fully saturated rings. The quantitative estimate of drug-likeness (QED) is 0.173. The van der Waals surface area contributed by atoms with E-state index in [0.29, 0.717) is 31.4 Å². The topological polar surface area (TPSA) is 133 Å². The number of carboxylic acids is 1. The third-order valence-electron chi connectivity index (χ3n) is 7.71. The van der Waals surface area contributed by atoms with Crippen LogP contribution >= 0.6 is 0 Å². The van der Waals surface area contributed by atoms with E-state index in [1.54, 1.807) is 0 Å². The summed E-state index contributed by atoms with van der Waals surface area (Å²) in [5.41, 5.74) is -2.52. The van der Waals surface area contributed by atoms with Crippen LogP contribution in [0.15, 0.2) is 47.4 Å². The lowest BCUT2D eigenvalue weighted by Crippen LogP contribution is -2.32. The van der Waals surface area contributed by atoms with Gasteiger partial charge in [-0.25, -0.2) is 22.9 Å². The molecule has 3 aromatic rings. The molecule has 2 aliphatic carbocycles. The standard InChI is InChI=1S/C27H29F6N5O2S.C2HF3O2/c28-26(29,30)18-11-19(27(31,32)33)13-21(12-18)41(39,40)35-15-17-7-5-16(6-8-17)14-34-25-37-23-4-2-1-3-22(23)24(38-25)36-20-9-10-20;3-2(4,5)1(6)7/h1-4,11-13,16-17,20,35H,5-10,14-15H2,(H2,34,36,37,38);(H,6,7). The van der Waals surface area contributed by atoms with Crippen molar-refractivity contribution in [2.24, 2.45) is 11.8 Å². The molecule has 0 aliphatic heterocycles. The van der Waals surface area contributed by atoms with Crippen LogP contribution in [0, 0.1) is 11.8 Å². The number of halogens is 9. The van der Waals surface area contributed by atoms with E-state index in [1.165, 1.54) is 0 Å². The molecule has 9 nitrogen and oxygen atoms in total. The monoisotopic (exact) mass is 715 g/mol. The van der Waals surface area contributed by atoms with Crippen LogP contribution in [0.4, 0.5) is 51.3 Å². The average molecular weight is 716 g/mol. The molecule has 4 N–H and O–H groups in total. The van der Waals surface area contributed by atoms with Gasteiger partial charge in [0.2, 0.25) is 16.0 Å². The minimum Gasteiger partial charge on any atom is -0.475 e. The molecule has 1 aromatic heterocycles. The van der Waals surface area contributed by atoms with Gasteiger partial charge in [-0.15, -0.1) is 0 Å². The van der Waals surface area contributed by atoms with Crippen molar-refractivity contribution < 1.29 is 57.8 Å². The molecule has 0 bridgehead atoms. The average Bonchev–Trinajstić information content (AvgIpc) is 3.82. The van der Waals surface area contributed by atoms with Gasteiger partial charge in [0.15, 0.2) is 0 Å². The van der Waals surface area contributed by atoms with E-state index in [9.17, 15) is 47.9 Å². The van der Waals surface area contributed by atoms with Gasteiger partial charge in [-0.2, -0.15) is 44.5 Å². The predicted octanol–water partition coefficient (Wildman–Crippen LogP) is 7.07. The van der Waals surface area contributed by atoms with Crippen molar-refractivity contribution in [3.63, 3.8) is 0 Å². The molecular formula is C29H30F9N5O4S. The van der Waals surface area contributed by atoms with Crippen molar-refractivity contribution in [2.75, 3.05) is 23.7 Å². The first-order chi connectivity index (χ1) is 22.2. The Morgan fingerprint density at radius 3 is 1.81 bits per heavy atom. The highest BCUT2D eigenvalue weighted by atomic mass is 32.2. The molecule has 0 saturated heterocycles. The molecule has 0 amide bonds. The van der Waals surface area contributed by atoms with Crippen molar-refractivity contribution in [2.45, 2.75) is 68.0 Å². The van der Waals surface area contributed by atoms with E-state index >= 15 is 0 Å². The van der Waals surface area contributed by atoms with Gasteiger partial charge in [-0.3, -0.25) is 0 Å². The number of alkyl halides is 9. The third kappa shape index (κ3) is 10.3. The predicted molar refractivity (Wildman–Crippen MR) is 155 cm³/mol. The van der Waals surface area contributed by atoms with E-state index in [1.807, 2.05) is 24.3 Å². The fraction of sp³-hybridized carbons (Fsp3) is 0.483. The molecule has 19 heteroatoms. The summed E-state index contributed by atoms with van der Waals surface area (Å²) in [5, 5.41) is 14.8. The summed E-state index contributed by atoms with van der Waals surface area (Å²) in [4.78, 5) is 17.1. The first-order valence-electron chi connectivity index (χ1n) is 14.6. The zero-order valence-electron chi connectivity index (χ0n) is 24.8. The fourth-order valence-electron chi connectivity index (χ4n) is 4.95. The number of hydrogen-bond acceptors (Lipinski definition) is 7. The second-order valence-corrected chi connectivity index (χ2v) is 13.3. The molecule has 0 atom stereocenters. The van der Waals surface area contributed by atoms with E-state index in [0.717, 1.165) is 42.4 Å². The second kappa shape index (κ2) is 14.3. The lowest BCUT2D eigenvalue weighted by Gasteiger charge is -2.28. The minimum atomic E-state index is -5.13. The van der Waals surface area contributed by atoms with Crippen LogP contribution in [-0.4, -0.2) is 54.8 Å². The fourth-order valence-corrected chi connectivity index (χ4v) is 6.14. The van der Waals surface area contributed by atoms with Crippen molar-refractivity contribution in [3.8, 4) is 0 Å². The number of nitrogens with zero attached hydrogens (tertiary/aromatic N) is 2. The van der Waals surface area contributed by atoms with Gasteiger partial charge in [0.1, 0.15) is 5.82 Å². The molecule has 264 valence electrons. The number of anilines is 2.